The van der Waals surface area contributed by atoms with E-state index in [0.29, 0.717) is 6.42 Å². The molecular weight excluding hydrogens is 310 g/mol. The van der Waals surface area contributed by atoms with Gasteiger partial charge in [-0.05, 0) is 45.1 Å². The molecular formula is C18H31NO5. The van der Waals surface area contributed by atoms with E-state index in [4.69, 9.17) is 10.2 Å². The van der Waals surface area contributed by atoms with E-state index in [1.54, 1.807) is 0 Å². The monoisotopic (exact) mass is 341 g/mol. The van der Waals surface area contributed by atoms with Crippen LogP contribution in [0.5, 0.6) is 0 Å². The van der Waals surface area contributed by atoms with E-state index in [0.717, 1.165) is 57.9 Å². The molecule has 6 nitrogen and oxygen atoms in total. The SMILES string of the molecule is O=C(O)CCC(=O)CCCCCC/C=C/CCCCNCC(=O)O. The summed E-state index contributed by atoms with van der Waals surface area (Å²) in [7, 11) is 0. The van der Waals surface area contributed by atoms with E-state index in [2.05, 4.69) is 17.5 Å². The number of carboxylic acids is 2. The third-order valence-corrected chi connectivity index (χ3v) is 3.61. The summed E-state index contributed by atoms with van der Waals surface area (Å²) < 4.78 is 0. The van der Waals surface area contributed by atoms with Gasteiger partial charge in [0.05, 0.1) is 13.0 Å². The number of Topliss-reactive ketones (excluding diaryl/α,β-unsaturated/α-hetero) is 1. The fourth-order valence-electron chi connectivity index (χ4n) is 2.25. The minimum Gasteiger partial charge on any atom is -0.481 e. The first-order valence-corrected chi connectivity index (χ1v) is 8.83. The topological polar surface area (TPSA) is 104 Å². The van der Waals surface area contributed by atoms with Crippen molar-refractivity contribution in [2.24, 2.45) is 0 Å². The van der Waals surface area contributed by atoms with Crippen molar-refractivity contribution in [2.75, 3.05) is 13.1 Å². The Labute approximate surface area is 144 Å². The molecule has 0 heterocycles. The van der Waals surface area contributed by atoms with Crippen molar-refractivity contribution in [3.63, 3.8) is 0 Å². The van der Waals surface area contributed by atoms with E-state index < -0.39 is 11.9 Å². The predicted octanol–water partition coefficient (Wildman–Crippen LogP) is 3.16. The van der Waals surface area contributed by atoms with E-state index in [-0.39, 0.29) is 25.2 Å². The number of carbonyl (C=O) groups is 3. The molecule has 0 unspecified atom stereocenters. The molecule has 0 spiro atoms. The van der Waals surface area contributed by atoms with Crippen LogP contribution < -0.4 is 5.32 Å². The molecule has 0 aromatic carbocycles. The molecule has 0 aromatic rings. The van der Waals surface area contributed by atoms with Crippen molar-refractivity contribution in [3.05, 3.63) is 12.2 Å². The van der Waals surface area contributed by atoms with Crippen LogP contribution in [-0.4, -0.2) is 41.0 Å². The van der Waals surface area contributed by atoms with Crippen LogP contribution >= 0.6 is 0 Å². The number of ketones is 1. The second-order valence-corrected chi connectivity index (χ2v) is 5.92. The van der Waals surface area contributed by atoms with Crippen LogP contribution in [0.15, 0.2) is 12.2 Å². The van der Waals surface area contributed by atoms with E-state index >= 15 is 0 Å². The number of allylic oxidation sites excluding steroid dienone is 2. The molecule has 0 saturated heterocycles. The summed E-state index contributed by atoms with van der Waals surface area (Å²) in [6.45, 7) is 0.770. The third-order valence-electron chi connectivity index (χ3n) is 3.61. The number of aliphatic carboxylic acids is 2. The Kier molecular flexibility index (Phi) is 15.0. The molecule has 6 heteroatoms. The highest BCUT2D eigenvalue weighted by Gasteiger charge is 2.04. The zero-order valence-electron chi connectivity index (χ0n) is 14.5. The minimum absolute atomic E-state index is 0.0288. The summed E-state index contributed by atoms with van der Waals surface area (Å²) in [5.41, 5.74) is 0. The van der Waals surface area contributed by atoms with E-state index in [9.17, 15) is 14.4 Å². The van der Waals surface area contributed by atoms with Crippen LogP contribution in [0.4, 0.5) is 0 Å². The smallest absolute Gasteiger partial charge is 0.317 e. The largest absolute Gasteiger partial charge is 0.481 e. The standard InChI is InChI=1S/C18H31NO5/c20-16(12-13-17(21)22)11-9-7-5-3-1-2-4-6-8-10-14-19-15-18(23)24/h2,4,19H,1,3,5-15H2,(H,21,22)(H,23,24)/b4-2+. The third kappa shape index (κ3) is 18.4. The normalized spacial score (nSPS) is 11.0. The van der Waals surface area contributed by atoms with E-state index in [1.807, 2.05) is 0 Å². The van der Waals surface area contributed by atoms with Crippen LogP contribution in [0.25, 0.3) is 0 Å². The molecule has 0 amide bonds. The maximum Gasteiger partial charge on any atom is 0.317 e. The van der Waals surface area contributed by atoms with Gasteiger partial charge in [0.25, 0.3) is 0 Å². The van der Waals surface area contributed by atoms with Crippen LogP contribution in [0, 0.1) is 0 Å². The number of unbranched alkanes of at least 4 members (excludes halogenated alkanes) is 6. The molecule has 0 bridgehead atoms. The second-order valence-electron chi connectivity index (χ2n) is 5.92. The van der Waals surface area contributed by atoms with Gasteiger partial charge in [-0.15, -0.1) is 0 Å². The van der Waals surface area contributed by atoms with Gasteiger partial charge in [-0.3, -0.25) is 14.4 Å². The van der Waals surface area contributed by atoms with Crippen molar-refractivity contribution in [3.8, 4) is 0 Å². The van der Waals surface area contributed by atoms with Gasteiger partial charge < -0.3 is 15.5 Å². The number of carboxylic acid groups (broad SMARTS) is 2. The van der Waals surface area contributed by atoms with E-state index in [1.165, 1.54) is 0 Å². The number of hydrogen-bond acceptors (Lipinski definition) is 4. The number of carbonyl (C=O) groups excluding carboxylic acids is 1. The molecule has 0 fully saturated rings. The summed E-state index contributed by atoms with van der Waals surface area (Å²) in [5, 5.41) is 19.8. The number of nitrogens with one attached hydrogen (secondary N) is 1. The lowest BCUT2D eigenvalue weighted by Gasteiger charge is -2.00. The molecule has 0 rings (SSSR count). The summed E-state index contributed by atoms with van der Waals surface area (Å²) in [6, 6.07) is 0. The van der Waals surface area contributed by atoms with Crippen LogP contribution in [0.2, 0.25) is 0 Å². The lowest BCUT2D eigenvalue weighted by atomic mass is 10.1. The van der Waals surface area contributed by atoms with Crippen LogP contribution in [-0.2, 0) is 14.4 Å². The summed E-state index contributed by atoms with van der Waals surface area (Å²) in [6.07, 6.45) is 13.1. The fourth-order valence-corrected chi connectivity index (χ4v) is 2.25. The van der Waals surface area contributed by atoms with Gasteiger partial charge >= 0.3 is 11.9 Å². The first-order valence-electron chi connectivity index (χ1n) is 8.83. The predicted molar refractivity (Wildman–Crippen MR) is 93.1 cm³/mol. The molecule has 0 aliphatic heterocycles. The van der Waals surface area contributed by atoms with Gasteiger partial charge in [-0.1, -0.05) is 25.0 Å². The zero-order valence-corrected chi connectivity index (χ0v) is 14.5. The molecule has 138 valence electrons. The molecule has 0 saturated carbocycles. The summed E-state index contributed by atoms with van der Waals surface area (Å²) in [5.74, 6) is -1.68. The highest BCUT2D eigenvalue weighted by molar-refractivity contribution is 5.82. The Balaban J connectivity index is 3.25. The maximum atomic E-state index is 11.4. The van der Waals surface area contributed by atoms with Crippen molar-refractivity contribution in [1.29, 1.82) is 0 Å². The second kappa shape index (κ2) is 16.2. The van der Waals surface area contributed by atoms with Crippen molar-refractivity contribution in [2.45, 2.75) is 70.6 Å². The molecule has 0 aliphatic carbocycles. The average molecular weight is 341 g/mol. The summed E-state index contributed by atoms with van der Waals surface area (Å²) in [4.78, 5) is 32.0. The number of hydrogen-bond donors (Lipinski definition) is 3. The van der Waals surface area contributed by atoms with Crippen LogP contribution in [0.1, 0.15) is 70.6 Å². The van der Waals surface area contributed by atoms with Gasteiger partial charge in [0, 0.05) is 12.8 Å². The molecule has 0 aliphatic rings. The summed E-state index contributed by atoms with van der Waals surface area (Å²) >= 11 is 0. The number of rotatable bonds is 17. The van der Waals surface area contributed by atoms with Crippen molar-refractivity contribution >= 4 is 17.7 Å². The Bertz CT molecular complexity index is 393. The van der Waals surface area contributed by atoms with Crippen LogP contribution in [0.3, 0.4) is 0 Å². The molecule has 0 aromatic heterocycles. The highest BCUT2D eigenvalue weighted by atomic mass is 16.4. The molecule has 0 atom stereocenters. The molecule has 3 N–H and O–H groups in total. The average Bonchev–Trinajstić information content (AvgIpc) is 2.52. The first-order chi connectivity index (χ1) is 11.5. The lowest BCUT2D eigenvalue weighted by Crippen LogP contribution is -2.23. The van der Waals surface area contributed by atoms with Gasteiger partial charge in [0.2, 0.25) is 0 Å². The Morgan fingerprint density at radius 3 is 1.96 bits per heavy atom. The highest BCUT2D eigenvalue weighted by Crippen LogP contribution is 2.08. The fraction of sp³-hybridized carbons (Fsp3) is 0.722. The lowest BCUT2D eigenvalue weighted by molar-refractivity contribution is -0.138. The van der Waals surface area contributed by atoms with Crippen molar-refractivity contribution < 1.29 is 24.6 Å². The Hall–Kier alpha value is -1.69. The molecule has 24 heavy (non-hydrogen) atoms. The van der Waals surface area contributed by atoms with Gasteiger partial charge in [0.1, 0.15) is 5.78 Å². The van der Waals surface area contributed by atoms with Gasteiger partial charge in [-0.2, -0.15) is 0 Å². The van der Waals surface area contributed by atoms with Gasteiger partial charge in [0.15, 0.2) is 0 Å². The Morgan fingerprint density at radius 2 is 1.33 bits per heavy atom. The minimum atomic E-state index is -0.910. The zero-order chi connectivity index (χ0) is 18.0. The molecule has 0 radical (unpaired) electrons. The maximum absolute atomic E-state index is 11.4. The quantitative estimate of drug-likeness (QED) is 0.277. The van der Waals surface area contributed by atoms with Crippen molar-refractivity contribution in [1.82, 2.24) is 5.32 Å². The van der Waals surface area contributed by atoms with Gasteiger partial charge in [-0.25, -0.2) is 0 Å². The first kappa shape index (κ1) is 22.3. The Morgan fingerprint density at radius 1 is 0.708 bits per heavy atom.